The second kappa shape index (κ2) is 8.46. The maximum Gasteiger partial charge on any atom is 0.301 e. The van der Waals surface area contributed by atoms with E-state index < -0.39 is 35.1 Å². The van der Waals surface area contributed by atoms with Crippen LogP contribution in [0, 0.1) is 11.6 Å². The Balaban J connectivity index is 1.71. The molecule has 34 heavy (non-hydrogen) atoms. The van der Waals surface area contributed by atoms with Crippen LogP contribution in [-0.2, 0) is 9.59 Å². The molecule has 1 unspecified atom stereocenters. The molecule has 1 N–H and O–H groups in total. The van der Waals surface area contributed by atoms with Gasteiger partial charge in [0.2, 0.25) is 0 Å². The average Bonchev–Trinajstić information content (AvgIpc) is 3.53. The van der Waals surface area contributed by atoms with E-state index in [4.69, 9.17) is 16.3 Å². The maximum atomic E-state index is 13.7. The molecule has 4 aromatic rings. The molecular formula is C23H13ClF2N2O4S2. The van der Waals surface area contributed by atoms with Gasteiger partial charge in [0.15, 0.2) is 16.8 Å². The normalized spacial score (nSPS) is 17.6. The number of fused-ring (bicyclic) bond motifs is 1. The van der Waals surface area contributed by atoms with Crippen LogP contribution in [0.25, 0.3) is 16.0 Å². The summed E-state index contributed by atoms with van der Waals surface area (Å²) in [6, 6.07) is 8.86. The number of thiophene rings is 1. The topological polar surface area (TPSA) is 79.7 Å². The van der Waals surface area contributed by atoms with Crippen molar-refractivity contribution in [1.82, 2.24) is 4.98 Å². The summed E-state index contributed by atoms with van der Waals surface area (Å²) in [6.07, 6.45) is 0. The Labute approximate surface area is 204 Å². The molecule has 1 aliphatic rings. The van der Waals surface area contributed by atoms with Gasteiger partial charge in [0.25, 0.3) is 5.78 Å². The second-order valence-electron chi connectivity index (χ2n) is 7.26. The lowest BCUT2D eigenvalue weighted by Crippen LogP contribution is -2.28. The zero-order valence-electron chi connectivity index (χ0n) is 17.2. The summed E-state index contributed by atoms with van der Waals surface area (Å²) in [4.78, 5) is 32.3. The zero-order valence-corrected chi connectivity index (χ0v) is 19.6. The number of rotatable bonds is 4. The highest BCUT2D eigenvalue weighted by Gasteiger charge is 2.48. The second-order valence-corrected chi connectivity index (χ2v) is 9.66. The largest absolute Gasteiger partial charge is 0.507 e. The highest BCUT2D eigenvalue weighted by atomic mass is 35.5. The fourth-order valence-electron chi connectivity index (χ4n) is 3.72. The minimum atomic E-state index is -1.07. The molecule has 0 radical (unpaired) electrons. The van der Waals surface area contributed by atoms with E-state index in [0.717, 1.165) is 28.4 Å². The summed E-state index contributed by atoms with van der Waals surface area (Å²) in [5.41, 5.74) is 0.232. The summed E-state index contributed by atoms with van der Waals surface area (Å²) >= 11 is 8.30. The van der Waals surface area contributed by atoms with Crippen molar-refractivity contribution in [2.75, 3.05) is 12.0 Å². The Kier molecular flexibility index (Phi) is 5.59. The van der Waals surface area contributed by atoms with Crippen LogP contribution in [0.3, 0.4) is 0 Å². The van der Waals surface area contributed by atoms with Crippen molar-refractivity contribution in [3.8, 4) is 5.75 Å². The number of halogens is 3. The predicted molar refractivity (Wildman–Crippen MR) is 127 cm³/mol. The van der Waals surface area contributed by atoms with E-state index in [1.165, 1.54) is 36.6 Å². The van der Waals surface area contributed by atoms with Crippen molar-refractivity contribution in [3.63, 3.8) is 0 Å². The van der Waals surface area contributed by atoms with Crippen LogP contribution in [0.15, 0.2) is 53.4 Å². The number of methoxy groups -OCH3 is 1. The molecule has 0 aliphatic carbocycles. The molecule has 11 heteroatoms. The number of hydrogen-bond donors (Lipinski definition) is 1. The Morgan fingerprint density at radius 1 is 1.18 bits per heavy atom. The predicted octanol–water partition coefficient (Wildman–Crippen LogP) is 5.92. The minimum Gasteiger partial charge on any atom is -0.507 e. The molecule has 0 bridgehead atoms. The van der Waals surface area contributed by atoms with E-state index in [0.29, 0.717) is 14.6 Å². The smallest absolute Gasteiger partial charge is 0.301 e. The first kappa shape index (κ1) is 22.5. The summed E-state index contributed by atoms with van der Waals surface area (Å²) in [5.74, 6) is -4.08. The molecule has 1 fully saturated rings. The third kappa shape index (κ3) is 3.54. The Hall–Kier alpha value is -3.34. The summed E-state index contributed by atoms with van der Waals surface area (Å²) in [5, 5.41) is 13.3. The Bertz CT molecular complexity index is 1460. The fourth-order valence-corrected chi connectivity index (χ4v) is 5.74. The van der Waals surface area contributed by atoms with Gasteiger partial charge in [0.05, 0.1) is 27.9 Å². The molecule has 1 amide bonds. The number of carbonyl (C=O) groups is 2. The van der Waals surface area contributed by atoms with Crippen LogP contribution in [0.2, 0.25) is 5.02 Å². The van der Waals surface area contributed by atoms with E-state index in [1.807, 2.05) is 0 Å². The van der Waals surface area contributed by atoms with E-state index in [-0.39, 0.29) is 27.5 Å². The number of aliphatic hydroxyl groups is 1. The van der Waals surface area contributed by atoms with Crippen molar-refractivity contribution in [2.45, 2.75) is 6.04 Å². The third-order valence-electron chi connectivity index (χ3n) is 5.31. The van der Waals surface area contributed by atoms with Crippen LogP contribution in [0.1, 0.15) is 16.5 Å². The van der Waals surface area contributed by atoms with Gasteiger partial charge in [-0.25, -0.2) is 13.8 Å². The number of aromatic nitrogens is 1. The van der Waals surface area contributed by atoms with Crippen molar-refractivity contribution in [3.05, 3.63) is 80.5 Å². The molecule has 5 rings (SSSR count). The van der Waals surface area contributed by atoms with E-state index in [9.17, 15) is 23.5 Å². The highest BCUT2D eigenvalue weighted by Crippen LogP contribution is 2.46. The molecule has 1 saturated heterocycles. The Morgan fingerprint density at radius 2 is 1.94 bits per heavy atom. The number of aliphatic hydroxyl groups excluding tert-OH is 1. The van der Waals surface area contributed by atoms with Gasteiger partial charge in [-0.3, -0.25) is 14.5 Å². The molecule has 2 aromatic heterocycles. The number of ether oxygens (including phenoxy) is 1. The number of carbonyl (C=O) groups excluding carboxylic acids is 2. The van der Waals surface area contributed by atoms with Gasteiger partial charge in [0.1, 0.15) is 17.6 Å². The minimum absolute atomic E-state index is 0.0771. The maximum absolute atomic E-state index is 13.7. The third-order valence-corrected chi connectivity index (χ3v) is 7.56. The van der Waals surface area contributed by atoms with E-state index >= 15 is 0 Å². The van der Waals surface area contributed by atoms with Crippen molar-refractivity contribution in [2.24, 2.45) is 0 Å². The summed E-state index contributed by atoms with van der Waals surface area (Å²) in [6.45, 7) is 0. The molecule has 2 aromatic carbocycles. The van der Waals surface area contributed by atoms with Crippen LogP contribution in [-0.4, -0.2) is 28.9 Å². The van der Waals surface area contributed by atoms with Crippen molar-refractivity contribution in [1.29, 1.82) is 0 Å². The first-order valence-corrected chi connectivity index (χ1v) is 11.8. The number of anilines is 1. The van der Waals surface area contributed by atoms with Gasteiger partial charge in [0, 0.05) is 16.5 Å². The van der Waals surface area contributed by atoms with Gasteiger partial charge >= 0.3 is 5.91 Å². The van der Waals surface area contributed by atoms with Gasteiger partial charge in [-0.15, -0.1) is 11.3 Å². The molecular weight excluding hydrogens is 506 g/mol. The first-order valence-electron chi connectivity index (χ1n) is 9.74. The molecule has 3 heterocycles. The van der Waals surface area contributed by atoms with Crippen LogP contribution >= 0.6 is 34.3 Å². The highest BCUT2D eigenvalue weighted by molar-refractivity contribution is 7.22. The molecule has 6 nitrogen and oxygen atoms in total. The first-order chi connectivity index (χ1) is 16.3. The lowest BCUT2D eigenvalue weighted by atomic mass is 10.00. The van der Waals surface area contributed by atoms with Gasteiger partial charge in [-0.05, 0) is 35.7 Å². The van der Waals surface area contributed by atoms with Crippen LogP contribution in [0.5, 0.6) is 5.75 Å². The summed E-state index contributed by atoms with van der Waals surface area (Å²) < 4.78 is 32.9. The number of hydrogen-bond acceptors (Lipinski definition) is 7. The SMILES string of the molecule is COc1cc(/C(O)=C2\C(=O)C(=O)N(c3nc4cc(F)c(F)cc4s3)C2c2cccs2)ccc1Cl. The molecule has 172 valence electrons. The number of nitrogens with zero attached hydrogens (tertiary/aromatic N) is 2. The number of ketones is 1. The van der Waals surface area contributed by atoms with Gasteiger partial charge in [-0.2, -0.15) is 0 Å². The van der Waals surface area contributed by atoms with Crippen LogP contribution in [0.4, 0.5) is 13.9 Å². The van der Waals surface area contributed by atoms with E-state index in [1.54, 1.807) is 17.5 Å². The fraction of sp³-hybridized carbons (Fsp3) is 0.0870. The molecule has 0 spiro atoms. The van der Waals surface area contributed by atoms with E-state index in [2.05, 4.69) is 4.98 Å². The number of Topliss-reactive ketones (excluding diaryl/α,β-unsaturated/α-hetero) is 1. The lowest BCUT2D eigenvalue weighted by Gasteiger charge is -2.21. The van der Waals surface area contributed by atoms with Crippen molar-refractivity contribution >= 4 is 67.1 Å². The monoisotopic (exact) mass is 518 g/mol. The standard InChI is InChI=1S/C23H13ClF2N2O4S2/c1-32-15-7-10(4-5-11(15)24)20(29)18-19(16-3-2-6-33-16)28(22(31)21(18)30)23-27-14-8-12(25)13(26)9-17(14)34-23/h2-9,19,29H,1H3/b20-18+. The Morgan fingerprint density at radius 3 is 2.65 bits per heavy atom. The summed E-state index contributed by atoms with van der Waals surface area (Å²) in [7, 11) is 1.41. The van der Waals surface area contributed by atoms with Crippen LogP contribution < -0.4 is 9.64 Å². The van der Waals surface area contributed by atoms with Gasteiger partial charge < -0.3 is 9.84 Å². The number of amides is 1. The quantitative estimate of drug-likeness (QED) is 0.206. The zero-order chi connectivity index (χ0) is 24.1. The number of benzene rings is 2. The number of thiazole rings is 1. The van der Waals surface area contributed by atoms with Crippen molar-refractivity contribution < 1.29 is 28.2 Å². The molecule has 1 atom stereocenters. The lowest BCUT2D eigenvalue weighted by molar-refractivity contribution is -0.132. The molecule has 1 aliphatic heterocycles. The van der Waals surface area contributed by atoms with Gasteiger partial charge in [-0.1, -0.05) is 29.0 Å². The molecule has 0 saturated carbocycles. The average molecular weight is 519 g/mol.